The van der Waals surface area contributed by atoms with Crippen molar-refractivity contribution in [2.45, 2.75) is 19.8 Å². The number of carbonyl (C=O) groups excluding carboxylic acids is 1. The molecular weight excluding hydrogens is 423 g/mol. The Morgan fingerprint density at radius 1 is 1.20 bits per heavy atom. The molecule has 3 nitrogen and oxygen atoms in total. The molecule has 1 aliphatic rings. The number of carbonyl (C=O) groups is 1. The van der Waals surface area contributed by atoms with E-state index in [2.05, 4.69) is 39.4 Å². The summed E-state index contributed by atoms with van der Waals surface area (Å²) in [5.41, 5.74) is 3.83. The lowest BCUT2D eigenvalue weighted by Gasteiger charge is -2.28. The summed E-state index contributed by atoms with van der Waals surface area (Å²) in [5.74, 6) is 6.30. The molecule has 0 bridgehead atoms. The zero-order valence-electron chi connectivity index (χ0n) is 14.1. The average molecular weight is 442 g/mol. The van der Waals surface area contributed by atoms with E-state index in [1.165, 1.54) is 5.57 Å². The second kappa shape index (κ2) is 8.30. The molecule has 1 fully saturated rings. The molecule has 2 heterocycles. The molecule has 126 valence electrons. The van der Waals surface area contributed by atoms with Crippen LogP contribution in [-0.2, 0) is 0 Å². The quantitative estimate of drug-likeness (QED) is 0.490. The summed E-state index contributed by atoms with van der Waals surface area (Å²) in [7, 11) is 0. The number of hydrogen-bond donors (Lipinski definition) is 0. The van der Waals surface area contributed by atoms with E-state index in [1.54, 1.807) is 0 Å². The maximum atomic E-state index is 12.6. The summed E-state index contributed by atoms with van der Waals surface area (Å²) < 4.78 is 1.08. The molecule has 0 spiro atoms. The third-order valence-corrected chi connectivity index (χ3v) is 4.80. The van der Waals surface area contributed by atoms with Crippen molar-refractivity contribution in [1.82, 2.24) is 9.88 Å². The van der Waals surface area contributed by atoms with Crippen molar-refractivity contribution < 1.29 is 4.79 Å². The van der Waals surface area contributed by atoms with Crippen molar-refractivity contribution in [2.75, 3.05) is 13.1 Å². The van der Waals surface area contributed by atoms with Crippen molar-refractivity contribution in [3.05, 3.63) is 74.6 Å². The van der Waals surface area contributed by atoms with Gasteiger partial charge in [-0.1, -0.05) is 23.6 Å². The maximum Gasteiger partial charge on any atom is 0.253 e. The van der Waals surface area contributed by atoms with Crippen LogP contribution in [-0.4, -0.2) is 28.9 Å². The third kappa shape index (κ3) is 4.93. The minimum Gasteiger partial charge on any atom is -0.338 e. The van der Waals surface area contributed by atoms with Gasteiger partial charge in [-0.05, 0) is 84.7 Å². The lowest BCUT2D eigenvalue weighted by Crippen LogP contribution is -2.36. The molecule has 1 aliphatic heterocycles. The number of piperidine rings is 1. The van der Waals surface area contributed by atoms with Gasteiger partial charge in [0.1, 0.15) is 5.69 Å². The van der Waals surface area contributed by atoms with Crippen LogP contribution in [0.15, 0.2) is 54.1 Å². The van der Waals surface area contributed by atoms with Crippen molar-refractivity contribution in [2.24, 2.45) is 0 Å². The molecule has 25 heavy (non-hydrogen) atoms. The molecule has 1 saturated heterocycles. The van der Waals surface area contributed by atoms with E-state index in [4.69, 9.17) is 0 Å². The van der Waals surface area contributed by atoms with Crippen LogP contribution in [0.3, 0.4) is 0 Å². The highest BCUT2D eigenvalue weighted by molar-refractivity contribution is 14.1. The minimum absolute atomic E-state index is 0.118. The molecule has 0 unspecified atom stereocenters. The number of pyridine rings is 1. The second-order valence-electron chi connectivity index (χ2n) is 6.04. The van der Waals surface area contributed by atoms with Gasteiger partial charge >= 0.3 is 0 Å². The molecule has 3 rings (SSSR count). The zero-order chi connectivity index (χ0) is 17.6. The van der Waals surface area contributed by atoms with E-state index < -0.39 is 0 Å². The maximum absolute atomic E-state index is 12.6. The van der Waals surface area contributed by atoms with Crippen LogP contribution in [0.1, 0.15) is 34.6 Å². The van der Waals surface area contributed by atoms with E-state index in [0.29, 0.717) is 0 Å². The van der Waals surface area contributed by atoms with Gasteiger partial charge < -0.3 is 4.90 Å². The molecule has 1 amide bonds. The number of allylic oxidation sites excluding steroid dienone is 1. The van der Waals surface area contributed by atoms with Gasteiger partial charge in [-0.15, -0.1) is 0 Å². The Labute approximate surface area is 162 Å². The van der Waals surface area contributed by atoms with Gasteiger partial charge in [0.25, 0.3) is 5.91 Å². The van der Waals surface area contributed by atoms with Gasteiger partial charge in [0, 0.05) is 27.9 Å². The predicted octanol–water partition coefficient (Wildman–Crippen LogP) is 4.21. The number of hydrogen-bond acceptors (Lipinski definition) is 2. The van der Waals surface area contributed by atoms with Gasteiger partial charge in [0.15, 0.2) is 0 Å². The standard InChI is InChI=1S/C21H19IN2O/c1-16-5-2-9-20(23-16)10-3-6-17-11-13-24(14-12-17)21(25)18-7-4-8-19(22)15-18/h2,4-9,15H,11-14H2,1H3. The lowest BCUT2D eigenvalue weighted by molar-refractivity contribution is 0.0743. The average Bonchev–Trinajstić information content (AvgIpc) is 2.62. The van der Waals surface area contributed by atoms with Gasteiger partial charge in [0.05, 0.1) is 0 Å². The number of likely N-dealkylation sites (tertiary alicyclic amines) is 1. The molecule has 0 aliphatic carbocycles. The summed E-state index contributed by atoms with van der Waals surface area (Å²) in [6, 6.07) is 13.6. The molecular formula is C21H19IN2O. The van der Waals surface area contributed by atoms with Gasteiger partial charge in [-0.25, -0.2) is 4.98 Å². The van der Waals surface area contributed by atoms with Crippen LogP contribution in [0.25, 0.3) is 0 Å². The Hall–Kier alpha value is -2.13. The topological polar surface area (TPSA) is 33.2 Å². The van der Waals surface area contributed by atoms with E-state index in [1.807, 2.05) is 60.4 Å². The first-order valence-electron chi connectivity index (χ1n) is 8.30. The Bertz CT molecular complexity index is 867. The summed E-state index contributed by atoms with van der Waals surface area (Å²) in [4.78, 5) is 18.9. The highest BCUT2D eigenvalue weighted by Gasteiger charge is 2.20. The lowest BCUT2D eigenvalue weighted by atomic mass is 10.0. The van der Waals surface area contributed by atoms with Gasteiger partial charge in [-0.3, -0.25) is 4.79 Å². The summed E-state index contributed by atoms with van der Waals surface area (Å²) in [6.07, 6.45) is 3.74. The SMILES string of the molecule is Cc1cccc(C#CC=C2CCN(C(=O)c3cccc(I)c3)CC2)n1. The fourth-order valence-corrected chi connectivity index (χ4v) is 3.31. The fourth-order valence-electron chi connectivity index (χ4n) is 2.77. The van der Waals surface area contributed by atoms with E-state index in [-0.39, 0.29) is 5.91 Å². The third-order valence-electron chi connectivity index (χ3n) is 4.13. The number of amides is 1. The monoisotopic (exact) mass is 442 g/mol. The minimum atomic E-state index is 0.118. The van der Waals surface area contributed by atoms with E-state index in [0.717, 1.165) is 46.5 Å². The largest absolute Gasteiger partial charge is 0.338 e. The van der Waals surface area contributed by atoms with Crippen LogP contribution >= 0.6 is 22.6 Å². The molecule has 1 aromatic heterocycles. The van der Waals surface area contributed by atoms with Crippen LogP contribution in [0, 0.1) is 22.3 Å². The predicted molar refractivity (Wildman–Crippen MR) is 108 cm³/mol. The number of benzene rings is 1. The van der Waals surface area contributed by atoms with Crippen molar-refractivity contribution in [1.29, 1.82) is 0 Å². The summed E-state index contributed by atoms with van der Waals surface area (Å²) in [5, 5.41) is 0. The van der Waals surface area contributed by atoms with Gasteiger partial charge in [0.2, 0.25) is 0 Å². The summed E-state index contributed by atoms with van der Waals surface area (Å²) >= 11 is 2.23. The van der Waals surface area contributed by atoms with Crippen LogP contribution in [0.5, 0.6) is 0 Å². The first-order valence-corrected chi connectivity index (χ1v) is 9.37. The molecule has 2 aromatic rings. The fraction of sp³-hybridized carbons (Fsp3) is 0.238. The molecule has 4 heteroatoms. The van der Waals surface area contributed by atoms with Crippen molar-refractivity contribution >= 4 is 28.5 Å². The highest BCUT2D eigenvalue weighted by Crippen LogP contribution is 2.19. The van der Waals surface area contributed by atoms with Crippen LogP contribution in [0.2, 0.25) is 0 Å². The molecule has 1 aromatic carbocycles. The molecule has 0 saturated carbocycles. The number of nitrogens with zero attached hydrogens (tertiary/aromatic N) is 2. The number of aromatic nitrogens is 1. The van der Waals surface area contributed by atoms with Crippen molar-refractivity contribution in [3.63, 3.8) is 0 Å². The van der Waals surface area contributed by atoms with Gasteiger partial charge in [-0.2, -0.15) is 0 Å². The number of halogens is 1. The Balaban J connectivity index is 1.59. The normalized spacial score (nSPS) is 13.8. The number of rotatable bonds is 1. The van der Waals surface area contributed by atoms with Crippen molar-refractivity contribution in [3.8, 4) is 11.8 Å². The Morgan fingerprint density at radius 3 is 2.68 bits per heavy atom. The highest BCUT2D eigenvalue weighted by atomic mass is 127. The Morgan fingerprint density at radius 2 is 1.96 bits per heavy atom. The van der Waals surface area contributed by atoms with Crippen LogP contribution < -0.4 is 0 Å². The first-order chi connectivity index (χ1) is 12.1. The number of aryl methyl sites for hydroxylation is 1. The zero-order valence-corrected chi connectivity index (χ0v) is 16.3. The first kappa shape index (κ1) is 17.7. The molecule has 0 N–H and O–H groups in total. The molecule has 0 atom stereocenters. The smallest absolute Gasteiger partial charge is 0.253 e. The molecule has 0 radical (unpaired) electrons. The van der Waals surface area contributed by atoms with E-state index >= 15 is 0 Å². The summed E-state index contributed by atoms with van der Waals surface area (Å²) in [6.45, 7) is 3.46. The Kier molecular flexibility index (Phi) is 5.87. The van der Waals surface area contributed by atoms with Crippen LogP contribution in [0.4, 0.5) is 0 Å². The van der Waals surface area contributed by atoms with E-state index in [9.17, 15) is 4.79 Å². The second-order valence-corrected chi connectivity index (χ2v) is 7.28.